The van der Waals surface area contributed by atoms with Gasteiger partial charge >= 0.3 is 0 Å². The van der Waals surface area contributed by atoms with Crippen LogP contribution in [0, 0.1) is 11.8 Å². The van der Waals surface area contributed by atoms with E-state index in [1.165, 1.54) is 18.3 Å². The van der Waals surface area contributed by atoms with Crippen molar-refractivity contribution in [2.24, 2.45) is 16.9 Å². The number of hydrogen-bond donors (Lipinski definition) is 2. The first-order valence-electron chi connectivity index (χ1n) is 10.3. The van der Waals surface area contributed by atoms with E-state index in [1.54, 1.807) is 0 Å². The molecule has 158 valence electrons. The molecule has 0 saturated carbocycles. The quantitative estimate of drug-likeness (QED) is 0.419. The Bertz CT molecular complexity index is 1240. The van der Waals surface area contributed by atoms with Crippen LogP contribution in [-0.2, 0) is 9.59 Å². The molecule has 1 saturated heterocycles. The van der Waals surface area contributed by atoms with Crippen LogP contribution in [0.15, 0.2) is 70.2 Å². The molecule has 1 heterocycles. The Kier molecular flexibility index (Phi) is 4.07. The highest BCUT2D eigenvalue weighted by molar-refractivity contribution is 9.10. The number of phenolic OH excluding ortho intramolecular Hbond substituents is 2. The molecule has 2 amide bonds. The maximum Gasteiger partial charge on any atom is 0.254 e. The van der Waals surface area contributed by atoms with Crippen LogP contribution < -0.4 is 0 Å². The van der Waals surface area contributed by atoms with Gasteiger partial charge in [0.2, 0.25) is 0 Å². The van der Waals surface area contributed by atoms with Crippen molar-refractivity contribution in [3.8, 4) is 11.5 Å². The van der Waals surface area contributed by atoms with Crippen LogP contribution in [0.4, 0.5) is 0 Å². The van der Waals surface area contributed by atoms with Crippen LogP contribution in [0.3, 0.4) is 0 Å². The number of phenols is 2. The van der Waals surface area contributed by atoms with Crippen LogP contribution in [0.2, 0.25) is 0 Å². The summed E-state index contributed by atoms with van der Waals surface area (Å²) in [7, 11) is 0. The number of carbonyl (C=O) groups excluding carboxylic acids is 2. The van der Waals surface area contributed by atoms with Crippen LogP contribution in [0.25, 0.3) is 0 Å². The van der Waals surface area contributed by atoms with Crippen molar-refractivity contribution in [3.63, 3.8) is 0 Å². The third-order valence-corrected chi connectivity index (χ3v) is 7.47. The summed E-state index contributed by atoms with van der Waals surface area (Å²) >= 11 is 3.19. The molecule has 2 N–H and O–H groups in total. The summed E-state index contributed by atoms with van der Waals surface area (Å²) < 4.78 is 0.369. The molecule has 7 heteroatoms. The Labute approximate surface area is 191 Å². The molecule has 0 unspecified atom stereocenters. The fourth-order valence-electron chi connectivity index (χ4n) is 5.56. The zero-order valence-corrected chi connectivity index (χ0v) is 18.2. The monoisotopic (exact) mass is 488 g/mol. The number of rotatable bonds is 2. The summed E-state index contributed by atoms with van der Waals surface area (Å²) in [5.41, 5.74) is 4.68. The van der Waals surface area contributed by atoms with E-state index in [4.69, 9.17) is 0 Å². The number of imide groups is 1. The Balaban J connectivity index is 1.44. The lowest BCUT2D eigenvalue weighted by molar-refractivity contribution is -0.139. The van der Waals surface area contributed by atoms with Gasteiger partial charge in [0.05, 0.1) is 22.5 Å². The first-order chi connectivity index (χ1) is 15.5. The number of benzene rings is 3. The first kappa shape index (κ1) is 19.3. The van der Waals surface area contributed by atoms with E-state index in [0.29, 0.717) is 4.47 Å². The van der Waals surface area contributed by atoms with Gasteiger partial charge in [0.1, 0.15) is 11.5 Å². The predicted molar refractivity (Wildman–Crippen MR) is 120 cm³/mol. The SMILES string of the molecule is O=C1[C@H]2C3c4ccccc4C(c4ccccc43)[C@@H]2C(=O)N1/N=C\c1cc(Br)c(O)cc1O. The molecule has 6 nitrogen and oxygen atoms in total. The van der Waals surface area contributed by atoms with E-state index in [-0.39, 0.29) is 40.7 Å². The van der Waals surface area contributed by atoms with E-state index in [0.717, 1.165) is 27.3 Å². The number of aromatic hydroxyl groups is 2. The maximum atomic E-state index is 13.5. The molecular formula is C25H17BrN2O4. The van der Waals surface area contributed by atoms with Crippen LogP contribution >= 0.6 is 15.9 Å². The summed E-state index contributed by atoms with van der Waals surface area (Å²) in [6.07, 6.45) is 1.27. The zero-order valence-electron chi connectivity index (χ0n) is 16.6. The van der Waals surface area contributed by atoms with Gasteiger partial charge in [-0.25, -0.2) is 0 Å². The van der Waals surface area contributed by atoms with Gasteiger partial charge in [-0.1, -0.05) is 48.5 Å². The second-order valence-electron chi connectivity index (χ2n) is 8.36. The molecule has 4 aliphatic rings. The van der Waals surface area contributed by atoms with E-state index in [1.807, 2.05) is 24.3 Å². The summed E-state index contributed by atoms with van der Waals surface area (Å²) in [5, 5.41) is 24.9. The van der Waals surface area contributed by atoms with Crippen molar-refractivity contribution in [3.05, 3.63) is 93.0 Å². The Hall–Kier alpha value is -3.45. The van der Waals surface area contributed by atoms with E-state index in [2.05, 4.69) is 45.3 Å². The highest BCUT2D eigenvalue weighted by Crippen LogP contribution is 2.60. The van der Waals surface area contributed by atoms with Gasteiger partial charge in [-0.2, -0.15) is 10.1 Å². The molecule has 2 bridgehead atoms. The van der Waals surface area contributed by atoms with Crippen molar-refractivity contribution in [2.45, 2.75) is 11.8 Å². The third kappa shape index (κ3) is 2.48. The van der Waals surface area contributed by atoms with Crippen LogP contribution in [-0.4, -0.2) is 33.3 Å². The average Bonchev–Trinajstić information content (AvgIpc) is 3.06. The minimum Gasteiger partial charge on any atom is -0.507 e. The normalized spacial score (nSPS) is 25.2. The molecule has 32 heavy (non-hydrogen) atoms. The lowest BCUT2D eigenvalue weighted by Crippen LogP contribution is -2.41. The number of hydrazone groups is 1. The fourth-order valence-corrected chi connectivity index (χ4v) is 5.93. The topological polar surface area (TPSA) is 90.2 Å². The number of halogens is 1. The molecule has 3 aliphatic carbocycles. The van der Waals surface area contributed by atoms with Gasteiger partial charge in [-0.15, -0.1) is 0 Å². The molecule has 3 aromatic rings. The second kappa shape index (κ2) is 6.77. The summed E-state index contributed by atoms with van der Waals surface area (Å²) in [6, 6.07) is 18.7. The predicted octanol–water partition coefficient (Wildman–Crippen LogP) is 4.09. The average molecular weight is 489 g/mol. The molecule has 2 atom stereocenters. The van der Waals surface area contributed by atoms with Crippen molar-refractivity contribution in [1.82, 2.24) is 5.01 Å². The summed E-state index contributed by atoms with van der Waals surface area (Å²) in [5.74, 6) is -2.36. The van der Waals surface area contributed by atoms with Crippen LogP contribution in [0.5, 0.6) is 11.5 Å². The molecule has 1 fully saturated rings. The molecule has 0 spiro atoms. The largest absolute Gasteiger partial charge is 0.507 e. The molecule has 3 aromatic carbocycles. The number of nitrogens with zero attached hydrogens (tertiary/aromatic N) is 2. The third-order valence-electron chi connectivity index (χ3n) is 6.83. The molecule has 0 aromatic heterocycles. The van der Waals surface area contributed by atoms with Gasteiger partial charge in [0, 0.05) is 23.5 Å². The molecule has 7 rings (SSSR count). The Morgan fingerprint density at radius 3 is 1.72 bits per heavy atom. The fraction of sp³-hybridized carbons (Fsp3) is 0.160. The number of hydrogen-bond acceptors (Lipinski definition) is 5. The second-order valence-corrected chi connectivity index (χ2v) is 9.21. The number of carbonyl (C=O) groups is 2. The highest BCUT2D eigenvalue weighted by Gasteiger charge is 2.61. The minimum atomic E-state index is -0.505. The Morgan fingerprint density at radius 2 is 1.25 bits per heavy atom. The van der Waals surface area contributed by atoms with E-state index in [9.17, 15) is 19.8 Å². The molecule has 1 aliphatic heterocycles. The maximum absolute atomic E-state index is 13.5. The van der Waals surface area contributed by atoms with Crippen molar-refractivity contribution >= 4 is 34.0 Å². The zero-order chi connectivity index (χ0) is 22.1. The summed E-state index contributed by atoms with van der Waals surface area (Å²) in [4.78, 5) is 26.9. The molecular weight excluding hydrogens is 472 g/mol. The van der Waals surface area contributed by atoms with Gasteiger partial charge in [0.25, 0.3) is 11.8 Å². The van der Waals surface area contributed by atoms with Crippen molar-refractivity contribution in [1.29, 1.82) is 0 Å². The van der Waals surface area contributed by atoms with Gasteiger partial charge in [0.15, 0.2) is 0 Å². The van der Waals surface area contributed by atoms with Crippen molar-refractivity contribution < 1.29 is 19.8 Å². The highest BCUT2D eigenvalue weighted by atomic mass is 79.9. The van der Waals surface area contributed by atoms with Crippen LogP contribution in [0.1, 0.15) is 39.7 Å². The minimum absolute atomic E-state index is 0.119. The van der Waals surface area contributed by atoms with E-state index >= 15 is 0 Å². The smallest absolute Gasteiger partial charge is 0.254 e. The van der Waals surface area contributed by atoms with Gasteiger partial charge < -0.3 is 10.2 Å². The standard InChI is InChI=1S/C25H17BrN2O4/c26-17-9-12(18(29)10-19(17)30)11-27-28-24(31)22-20-13-5-1-2-6-14(13)21(23(22)25(28)32)16-8-4-3-7-15(16)20/h1-11,20-23,29-30H/b27-11-/t20?,21?,22-,23-/m0/s1. The summed E-state index contributed by atoms with van der Waals surface area (Å²) in [6.45, 7) is 0. The molecule has 0 radical (unpaired) electrons. The Morgan fingerprint density at radius 1 is 0.781 bits per heavy atom. The van der Waals surface area contributed by atoms with Gasteiger partial charge in [-0.05, 0) is 44.3 Å². The van der Waals surface area contributed by atoms with Crippen molar-refractivity contribution in [2.75, 3.05) is 0 Å². The lowest BCUT2D eigenvalue weighted by Gasteiger charge is -2.45. The van der Waals surface area contributed by atoms with Gasteiger partial charge in [-0.3, -0.25) is 9.59 Å². The first-order valence-corrected chi connectivity index (χ1v) is 11.1. The van der Waals surface area contributed by atoms with E-state index < -0.39 is 11.8 Å². The lowest BCUT2D eigenvalue weighted by atomic mass is 9.55. The number of amides is 2.